The third-order valence-corrected chi connectivity index (χ3v) is 12.3. The van der Waals surface area contributed by atoms with Crippen LogP contribution in [0.5, 0.6) is 0 Å². The number of aryl methyl sites for hydroxylation is 1. The summed E-state index contributed by atoms with van der Waals surface area (Å²) < 4.78 is 20.5. The largest absolute Gasteiger partial charge is 0.462 e. The monoisotopic (exact) mass is 500 g/mol. The van der Waals surface area contributed by atoms with Crippen molar-refractivity contribution in [1.82, 2.24) is 0 Å². The Hall–Kier alpha value is -3.20. The lowest BCUT2D eigenvalue weighted by atomic mass is 10.2. The molecule has 1 unspecified atom stereocenters. The van der Waals surface area contributed by atoms with E-state index in [4.69, 9.17) is 4.74 Å². The predicted octanol–water partition coefficient (Wildman–Crippen LogP) is 5.18. The lowest BCUT2D eigenvalue weighted by Crippen LogP contribution is -2.36. The highest BCUT2D eigenvalue weighted by molar-refractivity contribution is 8.18. The van der Waals surface area contributed by atoms with Gasteiger partial charge in [0.2, 0.25) is 0 Å². The summed E-state index contributed by atoms with van der Waals surface area (Å²) in [6.07, 6.45) is 0.684. The first-order valence-electron chi connectivity index (χ1n) is 11.7. The summed E-state index contributed by atoms with van der Waals surface area (Å²) >= 11 is 0. The minimum Gasteiger partial charge on any atom is -0.462 e. The minimum atomic E-state index is -2.85. The fourth-order valence-corrected chi connectivity index (χ4v) is 11.0. The van der Waals surface area contributed by atoms with Crippen molar-refractivity contribution in [1.29, 1.82) is 0 Å². The summed E-state index contributed by atoms with van der Waals surface area (Å²) in [5, 5.41) is 2.88. The van der Waals surface area contributed by atoms with E-state index in [1.807, 2.05) is 129 Å². The molecule has 0 radical (unpaired) electrons. The molecule has 4 rings (SSSR count). The number of hydrogen-bond donors (Lipinski definition) is 0. The van der Waals surface area contributed by atoms with Crippen LogP contribution in [0, 0.1) is 6.92 Å². The van der Waals surface area contributed by atoms with E-state index in [0.717, 1.165) is 21.5 Å². The fraction of sp³-hybridized carbons (Fsp3) is 0.133. The lowest BCUT2D eigenvalue weighted by Gasteiger charge is -2.31. The molecule has 0 fully saturated rings. The van der Waals surface area contributed by atoms with E-state index in [0.29, 0.717) is 15.9 Å². The van der Waals surface area contributed by atoms with Gasteiger partial charge in [0, 0.05) is 11.8 Å². The van der Waals surface area contributed by atoms with Crippen LogP contribution in [0.4, 0.5) is 0 Å². The Labute approximate surface area is 210 Å². The maximum Gasteiger partial charge on any atom is 0.348 e. The van der Waals surface area contributed by atoms with Crippen LogP contribution >= 0.6 is 6.89 Å². The second kappa shape index (κ2) is 11.5. The number of esters is 1. The minimum absolute atomic E-state index is 0.270. The van der Waals surface area contributed by atoms with Crippen LogP contribution in [0.1, 0.15) is 18.9 Å². The summed E-state index contributed by atoms with van der Waals surface area (Å²) in [5.41, 5.74) is 1.07. The highest BCUT2D eigenvalue weighted by Crippen LogP contribution is 2.47. The molecule has 0 bridgehead atoms. The third kappa shape index (κ3) is 5.10. The smallest absolute Gasteiger partial charge is 0.348 e. The molecule has 0 N–H and O–H groups in total. The fourth-order valence-electron chi connectivity index (χ4n) is 4.12. The van der Waals surface area contributed by atoms with Gasteiger partial charge < -0.3 is 4.74 Å². The standard InChI is InChI=1S/C30H29O3PS/c1-3-23-33-29(31)30(35(32)28-21-19-24(2)20-22-28)34(25-13-7-4-8-14-25,26-15-9-5-10-16-26)27-17-11-6-12-18-27/h4-22H,3,23H2,1-2H3. The number of hydrogen-bond acceptors (Lipinski definition) is 3. The Balaban J connectivity index is 2.22. The molecule has 0 heterocycles. The Bertz CT molecular complexity index is 1250. The lowest BCUT2D eigenvalue weighted by molar-refractivity contribution is -0.135. The van der Waals surface area contributed by atoms with Gasteiger partial charge in [-0.2, -0.15) is 0 Å². The Kier molecular flexibility index (Phi) is 8.17. The summed E-state index contributed by atoms with van der Waals surface area (Å²) in [4.78, 5) is 14.5. The summed E-state index contributed by atoms with van der Waals surface area (Å²) in [6.45, 7) is 1.36. The molecule has 0 saturated carbocycles. The summed E-state index contributed by atoms with van der Waals surface area (Å²) in [7, 11) is -1.74. The predicted molar refractivity (Wildman–Crippen MR) is 149 cm³/mol. The Morgan fingerprint density at radius 1 is 0.714 bits per heavy atom. The molecule has 0 amide bonds. The van der Waals surface area contributed by atoms with Crippen molar-refractivity contribution in [3.05, 3.63) is 121 Å². The maximum absolute atomic E-state index is 14.4. The Morgan fingerprint density at radius 3 is 1.54 bits per heavy atom. The first-order chi connectivity index (χ1) is 17.1. The van der Waals surface area contributed by atoms with Crippen molar-refractivity contribution in [2.24, 2.45) is 0 Å². The van der Waals surface area contributed by atoms with Gasteiger partial charge in [0.1, 0.15) is 4.63 Å². The second-order valence-electron chi connectivity index (χ2n) is 8.20. The van der Waals surface area contributed by atoms with Gasteiger partial charge in [-0.15, -0.1) is 0 Å². The van der Waals surface area contributed by atoms with E-state index in [9.17, 15) is 9.00 Å². The van der Waals surface area contributed by atoms with Gasteiger partial charge in [0.05, 0.1) is 17.4 Å². The first-order valence-corrected chi connectivity index (χ1v) is 14.6. The molecule has 3 nitrogen and oxygen atoms in total. The van der Waals surface area contributed by atoms with Gasteiger partial charge in [-0.05, 0) is 41.4 Å². The highest BCUT2D eigenvalue weighted by atomic mass is 32.2. The van der Waals surface area contributed by atoms with Crippen LogP contribution in [0.3, 0.4) is 0 Å². The molecule has 0 aliphatic heterocycles. The molecular formula is C30H29O3PS. The van der Waals surface area contributed by atoms with E-state index in [1.165, 1.54) is 0 Å². The van der Waals surface area contributed by atoms with Gasteiger partial charge in [0.25, 0.3) is 0 Å². The highest BCUT2D eigenvalue weighted by Gasteiger charge is 2.37. The number of carbonyl (C=O) groups is 1. The van der Waals surface area contributed by atoms with Crippen molar-refractivity contribution in [2.45, 2.75) is 25.2 Å². The zero-order valence-electron chi connectivity index (χ0n) is 20.0. The SMILES string of the molecule is CCCOC(=O)C(S(=O)c1ccc(C)cc1)=P(c1ccccc1)(c1ccccc1)c1ccccc1. The van der Waals surface area contributed by atoms with Crippen molar-refractivity contribution < 1.29 is 13.7 Å². The molecule has 0 aliphatic carbocycles. The van der Waals surface area contributed by atoms with Crippen molar-refractivity contribution in [3.63, 3.8) is 0 Å². The van der Waals surface area contributed by atoms with Crippen LogP contribution in [0.15, 0.2) is 120 Å². The number of carbonyl (C=O) groups excluding carboxylic acids is 1. The van der Waals surface area contributed by atoms with Gasteiger partial charge in [0.15, 0.2) is 0 Å². The van der Waals surface area contributed by atoms with Crippen molar-refractivity contribution in [2.75, 3.05) is 6.61 Å². The van der Waals surface area contributed by atoms with E-state index in [-0.39, 0.29) is 6.61 Å². The van der Waals surface area contributed by atoms with Crippen LogP contribution in [-0.2, 0) is 20.3 Å². The van der Waals surface area contributed by atoms with E-state index < -0.39 is 23.7 Å². The van der Waals surface area contributed by atoms with E-state index in [1.54, 1.807) is 0 Å². The zero-order chi connectivity index (χ0) is 24.7. The molecule has 4 aromatic carbocycles. The number of benzene rings is 4. The van der Waals surface area contributed by atoms with Crippen molar-refractivity contribution >= 4 is 44.2 Å². The third-order valence-electron chi connectivity index (χ3n) is 5.76. The topological polar surface area (TPSA) is 43.4 Å². The molecule has 5 heteroatoms. The number of ether oxygens (including phenoxy) is 1. The normalized spacial score (nSPS) is 12.1. The van der Waals surface area contributed by atoms with Crippen LogP contribution < -0.4 is 15.9 Å². The van der Waals surface area contributed by atoms with Gasteiger partial charge in [-0.25, -0.2) is 9.00 Å². The van der Waals surface area contributed by atoms with Crippen LogP contribution in [0.2, 0.25) is 0 Å². The second-order valence-corrected chi connectivity index (χ2v) is 13.3. The molecule has 1 atom stereocenters. The maximum atomic E-state index is 14.4. The Morgan fingerprint density at radius 2 is 1.14 bits per heavy atom. The van der Waals surface area contributed by atoms with Gasteiger partial charge >= 0.3 is 5.97 Å². The molecule has 0 saturated heterocycles. The van der Waals surface area contributed by atoms with E-state index >= 15 is 0 Å². The summed E-state index contributed by atoms with van der Waals surface area (Å²) in [6, 6.07) is 37.5. The molecular weight excluding hydrogens is 471 g/mol. The van der Waals surface area contributed by atoms with Crippen LogP contribution in [0.25, 0.3) is 0 Å². The van der Waals surface area contributed by atoms with Crippen molar-refractivity contribution in [3.8, 4) is 0 Å². The van der Waals surface area contributed by atoms with Gasteiger partial charge in [-0.3, -0.25) is 0 Å². The molecule has 4 aromatic rings. The zero-order valence-corrected chi connectivity index (χ0v) is 21.7. The molecule has 0 aliphatic rings. The van der Waals surface area contributed by atoms with E-state index in [2.05, 4.69) is 0 Å². The first kappa shape index (κ1) is 24.9. The average Bonchev–Trinajstić information content (AvgIpc) is 2.92. The molecule has 178 valence electrons. The van der Waals surface area contributed by atoms with Crippen LogP contribution in [-0.4, -0.2) is 21.4 Å². The molecule has 0 spiro atoms. The quantitative estimate of drug-likeness (QED) is 0.247. The number of rotatable bonds is 8. The molecule has 35 heavy (non-hydrogen) atoms. The molecule has 0 aromatic heterocycles. The summed E-state index contributed by atoms with van der Waals surface area (Å²) in [5.74, 6) is -0.504. The van der Waals surface area contributed by atoms with Gasteiger partial charge in [-0.1, -0.05) is 116 Å². The average molecular weight is 501 g/mol.